The number of hydrogen-bond donors (Lipinski definition) is 1. The van der Waals surface area contributed by atoms with Gasteiger partial charge in [0.1, 0.15) is 36.1 Å². The minimum Gasteiger partial charge on any atom is -0.489 e. The number of nitrogens with zero attached hydrogens (tertiary/aromatic N) is 2. The number of nitrogens with two attached hydrogens (primary N) is 1. The largest absolute Gasteiger partial charge is 0.489 e. The average Bonchev–Trinajstić information content (AvgIpc) is 2.55. The molecule has 0 aromatic heterocycles. The summed E-state index contributed by atoms with van der Waals surface area (Å²) in [5.41, 5.74) is 7.68. The first kappa shape index (κ1) is 14.3. The topological polar surface area (TPSA) is 78.4 Å². The molecule has 0 spiro atoms. The van der Waals surface area contributed by atoms with Gasteiger partial charge < -0.3 is 19.9 Å². The molecule has 1 heterocycles. The normalized spacial score (nSPS) is 15.1. The number of rotatable bonds is 0. The van der Waals surface area contributed by atoms with Crippen LogP contribution in [0.1, 0.15) is 0 Å². The first-order valence-corrected chi connectivity index (χ1v) is 7.06. The van der Waals surface area contributed by atoms with Crippen molar-refractivity contribution in [3.63, 3.8) is 0 Å². The maximum absolute atomic E-state index is 5.80. The molecule has 0 amide bonds. The monoisotopic (exact) mass is 299 g/mol. The molecule has 1 aliphatic heterocycles. The molecule has 2 N–H and O–H groups in total. The van der Waals surface area contributed by atoms with Crippen molar-refractivity contribution in [1.29, 1.82) is 0 Å². The van der Waals surface area contributed by atoms with Crippen LogP contribution in [0.4, 0.5) is 17.1 Å². The summed E-state index contributed by atoms with van der Waals surface area (Å²) in [6.07, 6.45) is 0. The van der Waals surface area contributed by atoms with E-state index >= 15 is 0 Å². The molecular formula is C16H17N3O3. The molecule has 6 nitrogen and oxygen atoms in total. The molecule has 0 bridgehead atoms. The smallest absolute Gasteiger partial charge is 0.148 e. The van der Waals surface area contributed by atoms with E-state index in [0.29, 0.717) is 55.0 Å². The molecule has 2 aromatic carbocycles. The second kappa shape index (κ2) is 6.91. The molecule has 0 saturated carbocycles. The van der Waals surface area contributed by atoms with Crippen LogP contribution in [0, 0.1) is 0 Å². The summed E-state index contributed by atoms with van der Waals surface area (Å²) in [6, 6.07) is 12.7. The molecule has 0 unspecified atom stereocenters. The van der Waals surface area contributed by atoms with Crippen LogP contribution in [0.25, 0.3) is 0 Å². The van der Waals surface area contributed by atoms with Crippen molar-refractivity contribution in [2.75, 3.05) is 32.2 Å². The maximum atomic E-state index is 5.80. The number of fused-ring (bicyclic) bond motifs is 2. The number of benzene rings is 2. The van der Waals surface area contributed by atoms with E-state index in [-0.39, 0.29) is 0 Å². The predicted octanol–water partition coefficient (Wildman–Crippen LogP) is 3.47. The Morgan fingerprint density at radius 1 is 0.773 bits per heavy atom. The number of ether oxygens (including phenoxy) is 3. The third kappa shape index (κ3) is 3.53. The van der Waals surface area contributed by atoms with Gasteiger partial charge in [0.2, 0.25) is 0 Å². The number of hydrogen-bond acceptors (Lipinski definition) is 6. The van der Waals surface area contributed by atoms with Crippen molar-refractivity contribution in [3.8, 4) is 11.5 Å². The van der Waals surface area contributed by atoms with Gasteiger partial charge in [-0.3, -0.25) is 0 Å². The second-order valence-electron chi connectivity index (χ2n) is 4.70. The maximum Gasteiger partial charge on any atom is 0.148 e. The summed E-state index contributed by atoms with van der Waals surface area (Å²) in [4.78, 5) is 0. The molecule has 0 fully saturated rings. The Labute approximate surface area is 128 Å². The molecule has 1 aliphatic rings. The molecule has 0 aliphatic carbocycles. The highest BCUT2D eigenvalue weighted by atomic mass is 16.5. The molecule has 22 heavy (non-hydrogen) atoms. The van der Waals surface area contributed by atoms with E-state index in [9.17, 15) is 0 Å². The number of azo groups is 1. The van der Waals surface area contributed by atoms with Crippen molar-refractivity contribution in [3.05, 3.63) is 42.5 Å². The van der Waals surface area contributed by atoms with E-state index in [0.717, 1.165) is 0 Å². The first-order chi connectivity index (χ1) is 10.8. The van der Waals surface area contributed by atoms with Crippen LogP contribution >= 0.6 is 0 Å². The van der Waals surface area contributed by atoms with Gasteiger partial charge >= 0.3 is 0 Å². The first-order valence-electron chi connectivity index (χ1n) is 7.06. The van der Waals surface area contributed by atoms with Crippen LogP contribution in [-0.4, -0.2) is 26.4 Å². The Morgan fingerprint density at radius 3 is 2.27 bits per heavy atom. The fourth-order valence-corrected chi connectivity index (χ4v) is 2.02. The summed E-state index contributed by atoms with van der Waals surface area (Å²) in [5, 5.41) is 8.52. The van der Waals surface area contributed by atoms with Crippen LogP contribution < -0.4 is 15.2 Å². The van der Waals surface area contributed by atoms with Crippen molar-refractivity contribution in [2.45, 2.75) is 0 Å². The summed E-state index contributed by atoms with van der Waals surface area (Å²) in [7, 11) is 0. The van der Waals surface area contributed by atoms with Gasteiger partial charge in [0.05, 0.1) is 13.2 Å². The lowest BCUT2D eigenvalue weighted by atomic mass is 10.2. The lowest BCUT2D eigenvalue weighted by Crippen LogP contribution is -2.12. The van der Waals surface area contributed by atoms with E-state index in [1.54, 1.807) is 18.2 Å². The fourth-order valence-electron chi connectivity index (χ4n) is 2.02. The molecule has 6 heteroatoms. The Kier molecular flexibility index (Phi) is 4.50. The Balaban J connectivity index is 1.95. The third-order valence-corrected chi connectivity index (χ3v) is 3.09. The molecule has 0 radical (unpaired) electrons. The molecule has 0 atom stereocenters. The van der Waals surface area contributed by atoms with E-state index < -0.39 is 0 Å². The highest BCUT2D eigenvalue weighted by molar-refractivity contribution is 5.59. The van der Waals surface area contributed by atoms with Gasteiger partial charge in [-0.05, 0) is 24.3 Å². The zero-order chi connectivity index (χ0) is 15.2. The van der Waals surface area contributed by atoms with Crippen molar-refractivity contribution in [2.24, 2.45) is 10.2 Å². The highest BCUT2D eigenvalue weighted by Gasteiger charge is 2.07. The Morgan fingerprint density at radius 2 is 1.45 bits per heavy atom. The van der Waals surface area contributed by atoms with Crippen molar-refractivity contribution < 1.29 is 14.2 Å². The summed E-state index contributed by atoms with van der Waals surface area (Å²) in [5.74, 6) is 1.26. The lowest BCUT2D eigenvalue weighted by Gasteiger charge is -2.09. The SMILES string of the molecule is Nc1ccc2c(c1)OCCOCCOc1ccccc1N=N2. The van der Waals surface area contributed by atoms with Crippen LogP contribution in [0.2, 0.25) is 0 Å². The van der Waals surface area contributed by atoms with Crippen LogP contribution in [0.15, 0.2) is 52.7 Å². The Bertz CT molecular complexity index is 673. The minimum atomic E-state index is 0.416. The number of anilines is 1. The van der Waals surface area contributed by atoms with Gasteiger partial charge in [0.25, 0.3) is 0 Å². The predicted molar refractivity (Wildman–Crippen MR) is 83.3 cm³/mol. The van der Waals surface area contributed by atoms with Crippen LogP contribution in [0.5, 0.6) is 11.5 Å². The summed E-state index contributed by atoms with van der Waals surface area (Å²) < 4.78 is 16.8. The zero-order valence-corrected chi connectivity index (χ0v) is 12.1. The quantitative estimate of drug-likeness (QED) is 0.755. The average molecular weight is 299 g/mol. The number of para-hydroxylation sites is 1. The lowest BCUT2D eigenvalue weighted by molar-refractivity contribution is 0.0768. The van der Waals surface area contributed by atoms with E-state index in [2.05, 4.69) is 10.2 Å². The standard InChI is InChI=1S/C16H17N3O3/c17-12-5-6-14-16(11-12)22-10-8-20-7-9-21-15-4-2-1-3-13(15)18-19-14/h1-6,11H,7-10,17H2. The fraction of sp³-hybridized carbons (Fsp3) is 0.250. The van der Waals surface area contributed by atoms with Crippen LogP contribution in [0.3, 0.4) is 0 Å². The molecular weight excluding hydrogens is 282 g/mol. The molecule has 0 saturated heterocycles. The summed E-state index contributed by atoms with van der Waals surface area (Å²) >= 11 is 0. The van der Waals surface area contributed by atoms with Gasteiger partial charge in [-0.1, -0.05) is 12.1 Å². The molecule has 114 valence electrons. The van der Waals surface area contributed by atoms with E-state index in [1.165, 1.54) is 0 Å². The zero-order valence-electron chi connectivity index (χ0n) is 12.1. The summed E-state index contributed by atoms with van der Waals surface area (Å²) in [6.45, 7) is 1.82. The number of nitrogen functional groups attached to an aromatic ring is 1. The van der Waals surface area contributed by atoms with Gasteiger partial charge in [-0.15, -0.1) is 10.2 Å². The van der Waals surface area contributed by atoms with E-state index in [1.807, 2.05) is 24.3 Å². The van der Waals surface area contributed by atoms with Gasteiger partial charge in [-0.25, -0.2) is 0 Å². The van der Waals surface area contributed by atoms with E-state index in [4.69, 9.17) is 19.9 Å². The van der Waals surface area contributed by atoms with Crippen molar-refractivity contribution >= 4 is 17.1 Å². The van der Waals surface area contributed by atoms with Gasteiger partial charge in [-0.2, -0.15) is 0 Å². The van der Waals surface area contributed by atoms with Gasteiger partial charge in [0.15, 0.2) is 0 Å². The second-order valence-corrected chi connectivity index (χ2v) is 4.70. The van der Waals surface area contributed by atoms with Crippen molar-refractivity contribution in [1.82, 2.24) is 0 Å². The molecule has 2 aromatic rings. The molecule has 3 rings (SSSR count). The van der Waals surface area contributed by atoms with Crippen LogP contribution in [-0.2, 0) is 4.74 Å². The Hall–Kier alpha value is -2.60. The third-order valence-electron chi connectivity index (χ3n) is 3.09. The minimum absolute atomic E-state index is 0.416. The van der Waals surface area contributed by atoms with Gasteiger partial charge in [0, 0.05) is 11.8 Å². The highest BCUT2D eigenvalue weighted by Crippen LogP contribution is 2.33.